The molecule has 23 heavy (non-hydrogen) atoms. The first-order valence-electron chi connectivity index (χ1n) is 8.67. The summed E-state index contributed by atoms with van der Waals surface area (Å²) in [6.45, 7) is 14.3. The maximum absolute atomic E-state index is 12.2. The van der Waals surface area contributed by atoms with Gasteiger partial charge >= 0.3 is 12.1 Å². The lowest BCUT2D eigenvalue weighted by atomic mass is 9.79. The number of cyclic esters (lactones) is 1. The maximum atomic E-state index is 12.2. The van der Waals surface area contributed by atoms with E-state index in [0.29, 0.717) is 12.5 Å². The van der Waals surface area contributed by atoms with Crippen molar-refractivity contribution in [3.63, 3.8) is 0 Å². The van der Waals surface area contributed by atoms with Crippen molar-refractivity contribution in [3.05, 3.63) is 0 Å². The molecule has 0 saturated carbocycles. The van der Waals surface area contributed by atoms with Gasteiger partial charge in [-0.3, -0.25) is 4.79 Å². The van der Waals surface area contributed by atoms with Crippen molar-refractivity contribution in [1.82, 2.24) is 5.32 Å². The Bertz CT molecular complexity index is 412. The summed E-state index contributed by atoms with van der Waals surface area (Å²) in [7, 11) is 0. The van der Waals surface area contributed by atoms with Crippen LogP contribution in [0, 0.1) is 23.7 Å². The molecule has 0 aliphatic carbocycles. The van der Waals surface area contributed by atoms with Gasteiger partial charge < -0.3 is 14.8 Å². The van der Waals surface area contributed by atoms with E-state index in [1.165, 1.54) is 0 Å². The van der Waals surface area contributed by atoms with Crippen LogP contribution in [0.1, 0.15) is 61.3 Å². The molecule has 134 valence electrons. The fourth-order valence-corrected chi connectivity index (χ4v) is 3.05. The molecule has 5 nitrogen and oxygen atoms in total. The van der Waals surface area contributed by atoms with E-state index in [0.717, 1.165) is 12.8 Å². The van der Waals surface area contributed by atoms with Crippen LogP contribution in [0.5, 0.6) is 0 Å². The van der Waals surface area contributed by atoms with Gasteiger partial charge in [-0.1, -0.05) is 27.7 Å². The fourth-order valence-electron chi connectivity index (χ4n) is 3.05. The molecule has 0 bridgehead atoms. The summed E-state index contributed by atoms with van der Waals surface area (Å²) in [5.41, 5.74) is -0.536. The van der Waals surface area contributed by atoms with Crippen molar-refractivity contribution in [3.8, 4) is 0 Å². The number of hydrogen-bond donors (Lipinski definition) is 1. The Morgan fingerprint density at radius 2 is 1.87 bits per heavy atom. The normalized spacial score (nSPS) is 23.1. The van der Waals surface area contributed by atoms with Crippen LogP contribution in [0.15, 0.2) is 0 Å². The van der Waals surface area contributed by atoms with E-state index in [9.17, 15) is 9.59 Å². The zero-order valence-corrected chi connectivity index (χ0v) is 15.6. The van der Waals surface area contributed by atoms with Crippen molar-refractivity contribution < 1.29 is 19.1 Å². The second-order valence-electron chi connectivity index (χ2n) is 8.29. The smallest absolute Gasteiger partial charge is 0.407 e. The summed E-state index contributed by atoms with van der Waals surface area (Å²) in [5, 5.41) is 2.98. The molecule has 1 N–H and O–H groups in total. The number of nitrogens with one attached hydrogen (secondary N) is 1. The van der Waals surface area contributed by atoms with Gasteiger partial charge in [0, 0.05) is 12.0 Å². The first-order chi connectivity index (χ1) is 10.5. The van der Waals surface area contributed by atoms with Crippen molar-refractivity contribution in [2.24, 2.45) is 23.7 Å². The molecule has 1 fully saturated rings. The molecule has 3 atom stereocenters. The molecule has 0 radical (unpaired) electrons. The van der Waals surface area contributed by atoms with Crippen LogP contribution in [0.25, 0.3) is 0 Å². The van der Waals surface area contributed by atoms with Gasteiger partial charge in [0.25, 0.3) is 0 Å². The lowest BCUT2D eigenvalue weighted by Crippen LogP contribution is -2.46. The Balaban J connectivity index is 2.83. The summed E-state index contributed by atoms with van der Waals surface area (Å²) in [4.78, 5) is 24.2. The van der Waals surface area contributed by atoms with Gasteiger partial charge in [0.2, 0.25) is 0 Å². The Morgan fingerprint density at radius 1 is 1.26 bits per heavy atom. The average molecular weight is 327 g/mol. The lowest BCUT2D eigenvalue weighted by molar-refractivity contribution is -0.142. The van der Waals surface area contributed by atoms with E-state index < -0.39 is 11.7 Å². The van der Waals surface area contributed by atoms with Gasteiger partial charge in [-0.15, -0.1) is 0 Å². The quantitative estimate of drug-likeness (QED) is 0.754. The third-order valence-electron chi connectivity index (χ3n) is 4.14. The second-order valence-corrected chi connectivity index (χ2v) is 8.29. The highest BCUT2D eigenvalue weighted by Crippen LogP contribution is 2.33. The van der Waals surface area contributed by atoms with Gasteiger partial charge in [-0.05, 0) is 45.4 Å². The van der Waals surface area contributed by atoms with Crippen LogP contribution < -0.4 is 5.32 Å². The Kier molecular flexibility index (Phi) is 6.90. The highest BCUT2D eigenvalue weighted by molar-refractivity contribution is 5.75. The first-order valence-corrected chi connectivity index (χ1v) is 8.67. The van der Waals surface area contributed by atoms with Crippen LogP contribution in [0.4, 0.5) is 4.79 Å². The Morgan fingerprint density at radius 3 is 2.35 bits per heavy atom. The van der Waals surface area contributed by atoms with Crippen molar-refractivity contribution in [2.45, 2.75) is 73.0 Å². The number of carbonyl (C=O) groups is 2. The molecule has 0 aromatic heterocycles. The van der Waals surface area contributed by atoms with E-state index in [1.54, 1.807) is 0 Å². The van der Waals surface area contributed by atoms with E-state index in [4.69, 9.17) is 9.47 Å². The third kappa shape index (κ3) is 6.40. The van der Waals surface area contributed by atoms with Gasteiger partial charge in [0.05, 0.1) is 12.5 Å². The number of hydrogen-bond acceptors (Lipinski definition) is 4. The van der Waals surface area contributed by atoms with Crippen LogP contribution in [-0.2, 0) is 14.3 Å². The minimum atomic E-state index is -0.536. The number of rotatable bonds is 6. The average Bonchev–Trinajstić information content (AvgIpc) is 2.73. The van der Waals surface area contributed by atoms with Crippen LogP contribution in [0.2, 0.25) is 0 Å². The summed E-state index contributed by atoms with van der Waals surface area (Å²) in [6.07, 6.45) is 1.38. The number of carbonyl (C=O) groups excluding carboxylic acids is 2. The molecule has 1 heterocycles. The Hall–Kier alpha value is -1.26. The molecule has 1 aliphatic rings. The summed E-state index contributed by atoms with van der Waals surface area (Å²) < 4.78 is 10.7. The topological polar surface area (TPSA) is 64.6 Å². The lowest BCUT2D eigenvalue weighted by Gasteiger charge is -2.30. The molecule has 1 aliphatic heterocycles. The van der Waals surface area contributed by atoms with Gasteiger partial charge in [-0.25, -0.2) is 4.79 Å². The summed E-state index contributed by atoms with van der Waals surface area (Å²) >= 11 is 0. The molecule has 0 aromatic carbocycles. The monoisotopic (exact) mass is 327 g/mol. The predicted molar refractivity (Wildman–Crippen MR) is 90.0 cm³/mol. The van der Waals surface area contributed by atoms with Crippen LogP contribution in [0.3, 0.4) is 0 Å². The zero-order valence-electron chi connectivity index (χ0n) is 15.6. The molecule has 1 saturated heterocycles. The number of esters is 1. The highest BCUT2D eigenvalue weighted by Gasteiger charge is 2.43. The van der Waals surface area contributed by atoms with E-state index >= 15 is 0 Å². The fraction of sp³-hybridized carbons (Fsp3) is 0.889. The van der Waals surface area contributed by atoms with Gasteiger partial charge in [0.15, 0.2) is 0 Å². The standard InChI is InChI=1S/C18H33NO4/c1-11(2)8-9-14(19-17(21)23-18(5,6)7)13-10-22-16(20)15(13)12(3)4/h11-15H,8-10H2,1-7H3,(H,19,21). The minimum absolute atomic E-state index is 0.00812. The summed E-state index contributed by atoms with van der Waals surface area (Å²) in [6, 6.07) is -0.105. The second kappa shape index (κ2) is 8.02. The number of alkyl carbamates (subject to hydrolysis) is 1. The first kappa shape index (κ1) is 19.8. The third-order valence-corrected chi connectivity index (χ3v) is 4.14. The highest BCUT2D eigenvalue weighted by atomic mass is 16.6. The molecule has 0 aromatic rings. The van der Waals surface area contributed by atoms with Crippen molar-refractivity contribution >= 4 is 12.1 Å². The predicted octanol–water partition coefficient (Wildman–Crippen LogP) is 3.76. The molecule has 5 heteroatoms. The molecule has 1 rings (SSSR count). The van der Waals surface area contributed by atoms with Crippen molar-refractivity contribution in [1.29, 1.82) is 0 Å². The van der Waals surface area contributed by atoms with E-state index in [2.05, 4.69) is 19.2 Å². The zero-order chi connectivity index (χ0) is 17.8. The number of amides is 1. The van der Waals surface area contributed by atoms with Gasteiger partial charge in [0.1, 0.15) is 5.60 Å². The molecular formula is C18H33NO4. The maximum Gasteiger partial charge on any atom is 0.407 e. The molecule has 3 unspecified atom stereocenters. The SMILES string of the molecule is CC(C)CCC(NC(=O)OC(C)(C)C)C1COC(=O)C1C(C)C. The van der Waals surface area contributed by atoms with Gasteiger partial charge in [-0.2, -0.15) is 0 Å². The van der Waals surface area contributed by atoms with Crippen LogP contribution in [-0.4, -0.2) is 30.3 Å². The number of ether oxygens (including phenoxy) is 2. The minimum Gasteiger partial charge on any atom is -0.465 e. The van der Waals surface area contributed by atoms with Crippen LogP contribution >= 0.6 is 0 Å². The molecular weight excluding hydrogens is 294 g/mol. The van der Waals surface area contributed by atoms with E-state index in [-0.39, 0.29) is 29.8 Å². The Labute approximate surface area is 140 Å². The summed E-state index contributed by atoms with van der Waals surface area (Å²) in [5.74, 6) is 0.423. The largest absolute Gasteiger partial charge is 0.465 e. The van der Waals surface area contributed by atoms with E-state index in [1.807, 2.05) is 34.6 Å². The molecule has 1 amide bonds. The van der Waals surface area contributed by atoms with Crippen molar-refractivity contribution in [2.75, 3.05) is 6.61 Å². The molecule has 0 spiro atoms.